The van der Waals surface area contributed by atoms with Crippen molar-refractivity contribution < 1.29 is 0 Å². The molecule has 0 saturated carbocycles. The van der Waals surface area contributed by atoms with Crippen molar-refractivity contribution in [1.29, 1.82) is 0 Å². The summed E-state index contributed by atoms with van der Waals surface area (Å²) < 4.78 is 0. The first kappa shape index (κ1) is 17.0. The molecule has 0 saturated heterocycles. The Morgan fingerprint density at radius 3 is 2.85 bits per heavy atom. The number of nitrogens with zero attached hydrogens (tertiary/aromatic N) is 2. The van der Waals surface area contributed by atoms with Gasteiger partial charge in [0, 0.05) is 31.6 Å². The molecule has 1 aromatic heterocycles. The Morgan fingerprint density at radius 1 is 1.45 bits per heavy atom. The first-order chi connectivity index (χ1) is 9.65. The maximum absolute atomic E-state index is 4.26. The molecule has 0 aliphatic carbocycles. The van der Waals surface area contributed by atoms with Gasteiger partial charge in [0.1, 0.15) is 0 Å². The summed E-state index contributed by atoms with van der Waals surface area (Å²) in [7, 11) is 3.95. The number of likely N-dealkylation sites (N-methyl/N-ethyl adjacent to an activating group) is 1. The third kappa shape index (κ3) is 6.91. The van der Waals surface area contributed by atoms with Gasteiger partial charge < -0.3 is 15.5 Å². The Bertz CT molecular complexity index is 375. The number of rotatable bonds is 8. The number of hydrogen-bond donors (Lipinski definition) is 2. The fourth-order valence-corrected chi connectivity index (χ4v) is 2.73. The molecule has 0 aliphatic heterocycles. The van der Waals surface area contributed by atoms with Gasteiger partial charge in [-0.1, -0.05) is 19.9 Å². The molecule has 1 rings (SSSR count). The van der Waals surface area contributed by atoms with Gasteiger partial charge in [-0.2, -0.15) is 0 Å². The Labute approximate surface area is 127 Å². The molecule has 2 N–H and O–H groups in total. The summed E-state index contributed by atoms with van der Waals surface area (Å²) in [6.07, 6.45) is 1.13. The highest BCUT2D eigenvalue weighted by molar-refractivity contribution is 7.09. The molecule has 20 heavy (non-hydrogen) atoms. The van der Waals surface area contributed by atoms with Crippen molar-refractivity contribution in [3.63, 3.8) is 0 Å². The van der Waals surface area contributed by atoms with Gasteiger partial charge in [-0.15, -0.1) is 11.3 Å². The van der Waals surface area contributed by atoms with E-state index in [0.717, 1.165) is 38.6 Å². The molecule has 0 fully saturated rings. The number of aliphatic imine (C=N–C) groups is 1. The Balaban J connectivity index is 2.20. The van der Waals surface area contributed by atoms with E-state index >= 15 is 0 Å². The molecule has 0 radical (unpaired) electrons. The fraction of sp³-hybridized carbons (Fsp3) is 0.667. The molecule has 1 unspecified atom stereocenters. The molecule has 4 nitrogen and oxygen atoms in total. The van der Waals surface area contributed by atoms with Gasteiger partial charge in [-0.25, -0.2) is 0 Å². The molecule has 0 spiro atoms. The van der Waals surface area contributed by atoms with E-state index < -0.39 is 0 Å². The first-order valence-electron chi connectivity index (χ1n) is 7.31. The van der Waals surface area contributed by atoms with Crippen molar-refractivity contribution in [2.75, 3.05) is 40.3 Å². The fourth-order valence-electron chi connectivity index (χ4n) is 1.86. The maximum Gasteiger partial charge on any atom is 0.191 e. The summed E-state index contributed by atoms with van der Waals surface area (Å²) in [5.74, 6) is 1.50. The number of thiophene rings is 1. The predicted molar refractivity (Wildman–Crippen MR) is 89.7 cm³/mol. The highest BCUT2D eigenvalue weighted by Crippen LogP contribution is 2.13. The normalized spacial score (nSPS) is 13.6. The van der Waals surface area contributed by atoms with Gasteiger partial charge in [-0.3, -0.25) is 4.99 Å². The lowest BCUT2D eigenvalue weighted by Crippen LogP contribution is -2.42. The molecule has 0 amide bonds. The minimum Gasteiger partial charge on any atom is -0.356 e. The van der Waals surface area contributed by atoms with E-state index in [4.69, 9.17) is 0 Å². The average Bonchev–Trinajstić information content (AvgIpc) is 2.95. The minimum absolute atomic E-state index is 0.602. The van der Waals surface area contributed by atoms with Crippen LogP contribution in [0.2, 0.25) is 0 Å². The van der Waals surface area contributed by atoms with Crippen molar-refractivity contribution in [2.45, 2.75) is 20.3 Å². The van der Waals surface area contributed by atoms with Crippen LogP contribution in [-0.4, -0.2) is 51.1 Å². The van der Waals surface area contributed by atoms with Crippen molar-refractivity contribution in [3.8, 4) is 0 Å². The van der Waals surface area contributed by atoms with Crippen molar-refractivity contribution in [2.24, 2.45) is 10.9 Å². The molecule has 0 bridgehead atoms. The molecule has 5 heteroatoms. The van der Waals surface area contributed by atoms with E-state index in [2.05, 4.69) is 58.9 Å². The van der Waals surface area contributed by atoms with Crippen LogP contribution in [0, 0.1) is 5.92 Å². The molecule has 1 aromatic rings. The number of hydrogen-bond acceptors (Lipinski definition) is 3. The van der Waals surface area contributed by atoms with Crippen LogP contribution in [0.25, 0.3) is 0 Å². The van der Waals surface area contributed by atoms with Crippen molar-refractivity contribution in [3.05, 3.63) is 22.4 Å². The summed E-state index contributed by atoms with van der Waals surface area (Å²) in [6.45, 7) is 8.40. The van der Waals surface area contributed by atoms with Gasteiger partial charge in [0.2, 0.25) is 0 Å². The Morgan fingerprint density at radius 2 is 2.25 bits per heavy atom. The lowest BCUT2D eigenvalue weighted by Gasteiger charge is -2.18. The highest BCUT2D eigenvalue weighted by atomic mass is 32.1. The van der Waals surface area contributed by atoms with Crippen LogP contribution in [0.15, 0.2) is 22.5 Å². The smallest absolute Gasteiger partial charge is 0.191 e. The highest BCUT2D eigenvalue weighted by Gasteiger charge is 2.06. The van der Waals surface area contributed by atoms with Gasteiger partial charge in [-0.05, 0) is 37.4 Å². The van der Waals surface area contributed by atoms with Gasteiger partial charge in [0.15, 0.2) is 5.96 Å². The molecule has 0 aliphatic rings. The summed E-state index contributed by atoms with van der Waals surface area (Å²) in [5.41, 5.74) is 0. The van der Waals surface area contributed by atoms with E-state index in [1.807, 2.05) is 18.4 Å². The Kier molecular flexibility index (Phi) is 8.30. The van der Waals surface area contributed by atoms with E-state index in [9.17, 15) is 0 Å². The van der Waals surface area contributed by atoms with Crippen molar-refractivity contribution >= 4 is 17.3 Å². The topological polar surface area (TPSA) is 39.7 Å². The zero-order chi connectivity index (χ0) is 14.8. The van der Waals surface area contributed by atoms with Crippen LogP contribution < -0.4 is 10.6 Å². The quantitative estimate of drug-likeness (QED) is 0.570. The average molecular weight is 296 g/mol. The van der Waals surface area contributed by atoms with Crippen LogP contribution >= 0.6 is 11.3 Å². The van der Waals surface area contributed by atoms with Crippen LogP contribution in [0.4, 0.5) is 0 Å². The maximum atomic E-state index is 4.26. The SMILES string of the molecule is CCN(C)CCNC(=NC)NCC(C)Cc1cccs1. The van der Waals surface area contributed by atoms with Gasteiger partial charge >= 0.3 is 0 Å². The minimum atomic E-state index is 0.602. The van der Waals surface area contributed by atoms with E-state index in [-0.39, 0.29) is 0 Å². The second-order valence-electron chi connectivity index (χ2n) is 5.16. The van der Waals surface area contributed by atoms with Gasteiger partial charge in [0.05, 0.1) is 0 Å². The predicted octanol–water partition coefficient (Wildman–Crippen LogP) is 2.04. The molecule has 114 valence electrons. The lowest BCUT2D eigenvalue weighted by molar-refractivity contribution is 0.357. The monoisotopic (exact) mass is 296 g/mol. The van der Waals surface area contributed by atoms with Gasteiger partial charge in [0.25, 0.3) is 0 Å². The molecule has 1 heterocycles. The van der Waals surface area contributed by atoms with E-state index in [0.29, 0.717) is 5.92 Å². The molecular weight excluding hydrogens is 268 g/mol. The largest absolute Gasteiger partial charge is 0.356 e. The van der Waals surface area contributed by atoms with E-state index in [1.165, 1.54) is 4.88 Å². The number of guanidine groups is 1. The summed E-state index contributed by atoms with van der Waals surface area (Å²) in [6, 6.07) is 4.32. The second kappa shape index (κ2) is 9.77. The van der Waals surface area contributed by atoms with Crippen LogP contribution in [0.1, 0.15) is 18.7 Å². The zero-order valence-corrected chi connectivity index (χ0v) is 14.0. The standard InChI is InChI=1S/C15H28N4S/c1-5-19(4)9-8-17-15(16-3)18-12-13(2)11-14-7-6-10-20-14/h6-7,10,13H,5,8-9,11-12H2,1-4H3,(H2,16,17,18). The van der Waals surface area contributed by atoms with E-state index in [1.54, 1.807) is 0 Å². The Hall–Kier alpha value is -1.07. The summed E-state index contributed by atoms with van der Waals surface area (Å²) in [5, 5.41) is 8.89. The third-order valence-electron chi connectivity index (χ3n) is 3.30. The molecular formula is C15H28N4S. The molecule has 0 aromatic carbocycles. The summed E-state index contributed by atoms with van der Waals surface area (Å²) >= 11 is 1.83. The lowest BCUT2D eigenvalue weighted by atomic mass is 10.1. The number of nitrogens with one attached hydrogen (secondary N) is 2. The van der Waals surface area contributed by atoms with Crippen LogP contribution in [0.5, 0.6) is 0 Å². The second-order valence-corrected chi connectivity index (χ2v) is 6.20. The third-order valence-corrected chi connectivity index (χ3v) is 4.20. The summed E-state index contributed by atoms with van der Waals surface area (Å²) in [4.78, 5) is 7.99. The van der Waals surface area contributed by atoms with Crippen LogP contribution in [0.3, 0.4) is 0 Å². The first-order valence-corrected chi connectivity index (χ1v) is 8.19. The van der Waals surface area contributed by atoms with Crippen molar-refractivity contribution in [1.82, 2.24) is 15.5 Å². The van der Waals surface area contributed by atoms with Crippen LogP contribution in [-0.2, 0) is 6.42 Å². The zero-order valence-electron chi connectivity index (χ0n) is 13.1. The molecule has 1 atom stereocenters.